The molecule has 2 heterocycles. The van der Waals surface area contributed by atoms with E-state index in [-0.39, 0.29) is 29.8 Å². The van der Waals surface area contributed by atoms with Crippen molar-refractivity contribution < 1.29 is 19.4 Å². The van der Waals surface area contributed by atoms with Crippen molar-refractivity contribution in [1.82, 2.24) is 14.8 Å². The highest BCUT2D eigenvalue weighted by Gasteiger charge is 2.70. The summed E-state index contributed by atoms with van der Waals surface area (Å²) in [6.07, 6.45) is 12.0. The Hall–Kier alpha value is -3.02. The van der Waals surface area contributed by atoms with Gasteiger partial charge in [0.15, 0.2) is 0 Å². The van der Waals surface area contributed by atoms with Gasteiger partial charge in [0.1, 0.15) is 12.2 Å². The first-order chi connectivity index (χ1) is 20.1. The number of fused-ring (bicyclic) bond motifs is 6. The number of esters is 1. The van der Waals surface area contributed by atoms with E-state index in [0.29, 0.717) is 24.7 Å². The second-order valence-corrected chi connectivity index (χ2v) is 14.1. The Kier molecular flexibility index (Phi) is 6.45. The number of nitriles is 1. The molecule has 0 amide bonds. The summed E-state index contributed by atoms with van der Waals surface area (Å²) in [5.41, 5.74) is 4.28. The summed E-state index contributed by atoms with van der Waals surface area (Å²) in [6, 6.07) is 6.16. The molecule has 8 heteroatoms. The molecule has 5 aliphatic rings. The Morgan fingerprint density at radius 1 is 1.29 bits per heavy atom. The molecular formula is C34H42N4O4. The van der Waals surface area contributed by atoms with Crippen molar-refractivity contribution in [2.75, 3.05) is 6.61 Å². The number of rotatable bonds is 6. The van der Waals surface area contributed by atoms with Gasteiger partial charge >= 0.3 is 5.97 Å². The highest BCUT2D eigenvalue weighted by atomic mass is 16.6. The van der Waals surface area contributed by atoms with Crippen molar-refractivity contribution in [1.29, 1.82) is 5.26 Å². The quantitative estimate of drug-likeness (QED) is 0.466. The molecule has 0 aromatic carbocycles. The lowest BCUT2D eigenvalue weighted by Crippen LogP contribution is -2.63. The molecular weight excluding hydrogens is 528 g/mol. The number of hydrogen-bond acceptors (Lipinski definition) is 7. The molecule has 0 saturated heterocycles. The number of carbonyl (C=O) groups is 1. The van der Waals surface area contributed by atoms with Gasteiger partial charge in [-0.05, 0) is 112 Å². The highest BCUT2D eigenvalue weighted by molar-refractivity contribution is 5.75. The molecule has 4 fully saturated rings. The summed E-state index contributed by atoms with van der Waals surface area (Å²) in [7, 11) is 0. The van der Waals surface area contributed by atoms with E-state index in [1.165, 1.54) is 11.1 Å². The lowest BCUT2D eigenvalue weighted by molar-refractivity contribution is -0.227. The van der Waals surface area contributed by atoms with E-state index >= 15 is 0 Å². The van der Waals surface area contributed by atoms with E-state index < -0.39 is 23.2 Å². The molecule has 0 spiro atoms. The number of carbonyl (C=O) groups excluding carboxylic acids is 1. The van der Waals surface area contributed by atoms with Gasteiger partial charge in [0.2, 0.25) is 0 Å². The van der Waals surface area contributed by atoms with Gasteiger partial charge < -0.3 is 14.6 Å². The van der Waals surface area contributed by atoms with Crippen LogP contribution in [0.1, 0.15) is 82.7 Å². The van der Waals surface area contributed by atoms with Crippen molar-refractivity contribution in [3.63, 3.8) is 0 Å². The minimum absolute atomic E-state index is 0.0244. The summed E-state index contributed by atoms with van der Waals surface area (Å²) in [4.78, 5) is 17.5. The predicted molar refractivity (Wildman–Crippen MR) is 156 cm³/mol. The normalized spacial score (nSPS) is 37.4. The summed E-state index contributed by atoms with van der Waals surface area (Å²) < 4.78 is 14.5. The van der Waals surface area contributed by atoms with Crippen molar-refractivity contribution in [3.8, 4) is 11.8 Å². The number of hydrogen-bond donors (Lipinski definition) is 1. The van der Waals surface area contributed by atoms with Crippen LogP contribution in [0, 0.1) is 52.8 Å². The summed E-state index contributed by atoms with van der Waals surface area (Å²) >= 11 is 0. The third-order valence-corrected chi connectivity index (χ3v) is 12.0. The summed E-state index contributed by atoms with van der Waals surface area (Å²) in [5.74, 6) is 0.561. The standard InChI is InChI=1S/C34H42N4O4/c1-20-15-25(10-13-36-20)38-28-16-24-7-8-26-27-9-11-34(21(2)41-14-12-35,42-31(40)22-5-6-22)33(27,4)18-29(39)30(26)32(24,3)17-23(28)19-37-38/h10,13,15-16,19,21-22,26-27,29-30,39H,5-9,11,14,17-18H2,1-4H3/t21?,26-,27-,29-,30+,32-,33-,34-/m0/s1. The summed E-state index contributed by atoms with van der Waals surface area (Å²) in [5, 5.41) is 26.2. The minimum atomic E-state index is -0.847. The molecule has 8 nitrogen and oxygen atoms in total. The van der Waals surface area contributed by atoms with Crippen LogP contribution in [0.15, 0.2) is 30.1 Å². The molecule has 1 N–H and O–H groups in total. The van der Waals surface area contributed by atoms with Gasteiger partial charge in [-0.15, -0.1) is 0 Å². The van der Waals surface area contributed by atoms with Crippen LogP contribution in [0.4, 0.5) is 0 Å². The minimum Gasteiger partial charge on any atom is -0.455 e. The van der Waals surface area contributed by atoms with E-state index in [4.69, 9.17) is 14.6 Å². The number of ether oxygens (including phenoxy) is 2. The Morgan fingerprint density at radius 2 is 2.10 bits per heavy atom. The molecule has 5 aliphatic carbocycles. The Balaban J connectivity index is 1.22. The van der Waals surface area contributed by atoms with Crippen molar-refractivity contribution >= 4 is 12.0 Å². The summed E-state index contributed by atoms with van der Waals surface area (Å²) in [6.45, 7) is 8.49. The number of pyridine rings is 1. The van der Waals surface area contributed by atoms with Gasteiger partial charge in [-0.3, -0.25) is 9.78 Å². The average molecular weight is 571 g/mol. The van der Waals surface area contributed by atoms with Crippen LogP contribution in [0.5, 0.6) is 0 Å². The molecule has 0 radical (unpaired) electrons. The van der Waals surface area contributed by atoms with Gasteiger partial charge in [-0.25, -0.2) is 4.68 Å². The molecule has 1 unspecified atom stereocenters. The van der Waals surface area contributed by atoms with Gasteiger partial charge in [-0.1, -0.05) is 19.4 Å². The fourth-order valence-corrected chi connectivity index (χ4v) is 9.87. The topological polar surface area (TPSA) is 110 Å². The van der Waals surface area contributed by atoms with Crippen molar-refractivity contribution in [3.05, 3.63) is 47.1 Å². The Labute approximate surface area is 248 Å². The molecule has 8 atom stereocenters. The van der Waals surface area contributed by atoms with Gasteiger partial charge in [0.25, 0.3) is 0 Å². The van der Waals surface area contributed by atoms with Crippen LogP contribution in [0.25, 0.3) is 11.8 Å². The van der Waals surface area contributed by atoms with Gasteiger partial charge in [-0.2, -0.15) is 10.4 Å². The van der Waals surface area contributed by atoms with Crippen LogP contribution in [0.2, 0.25) is 0 Å². The maximum absolute atomic E-state index is 13.2. The molecule has 7 rings (SSSR count). The fourth-order valence-electron chi connectivity index (χ4n) is 9.87. The maximum Gasteiger partial charge on any atom is 0.309 e. The number of aliphatic hydroxyl groups excluding tert-OH is 1. The smallest absolute Gasteiger partial charge is 0.309 e. The van der Waals surface area contributed by atoms with E-state index in [0.717, 1.165) is 55.6 Å². The number of aliphatic hydroxyl groups is 1. The number of aryl methyl sites for hydroxylation is 1. The first kappa shape index (κ1) is 27.8. The number of nitrogens with zero attached hydrogens (tertiary/aromatic N) is 4. The molecule has 2 aromatic rings. The SMILES string of the molecule is Cc1cc(-n2ncc3c2C=C2CC[C@@H]4[C@H]([C@@H](O)C[C@@]5(C)[C@H]4CC[C@]5(OC(=O)C4CC4)C(C)OCC#N)[C@@]2(C)C3)ccn1. The highest BCUT2D eigenvalue weighted by Crippen LogP contribution is 2.69. The van der Waals surface area contributed by atoms with Crippen LogP contribution >= 0.6 is 0 Å². The zero-order valence-corrected chi connectivity index (χ0v) is 25.2. The lowest BCUT2D eigenvalue weighted by Gasteiger charge is -2.61. The largest absolute Gasteiger partial charge is 0.455 e. The Bertz CT molecular complexity index is 1490. The molecule has 42 heavy (non-hydrogen) atoms. The molecule has 4 saturated carbocycles. The molecule has 0 aliphatic heterocycles. The van der Waals surface area contributed by atoms with E-state index in [9.17, 15) is 15.2 Å². The first-order valence-corrected chi connectivity index (χ1v) is 15.7. The lowest BCUT2D eigenvalue weighted by atomic mass is 9.45. The molecule has 0 bridgehead atoms. The fraction of sp³-hybridized carbons (Fsp3) is 0.647. The van der Waals surface area contributed by atoms with Crippen LogP contribution < -0.4 is 0 Å². The number of aromatic nitrogens is 3. The van der Waals surface area contributed by atoms with Gasteiger partial charge in [0, 0.05) is 17.3 Å². The zero-order chi connectivity index (χ0) is 29.4. The number of allylic oxidation sites excluding steroid dienone is 1. The van der Waals surface area contributed by atoms with E-state index in [1.807, 2.05) is 37.0 Å². The average Bonchev–Trinajstić information content (AvgIpc) is 3.67. The first-order valence-electron chi connectivity index (χ1n) is 15.7. The van der Waals surface area contributed by atoms with Crippen LogP contribution in [-0.2, 0) is 20.7 Å². The third-order valence-electron chi connectivity index (χ3n) is 12.0. The van der Waals surface area contributed by atoms with E-state index in [2.05, 4.69) is 37.0 Å². The molecule has 2 aromatic heterocycles. The van der Waals surface area contributed by atoms with Crippen LogP contribution in [0.3, 0.4) is 0 Å². The zero-order valence-electron chi connectivity index (χ0n) is 25.2. The maximum atomic E-state index is 13.2. The van der Waals surface area contributed by atoms with Crippen molar-refractivity contribution in [2.24, 2.45) is 34.5 Å². The van der Waals surface area contributed by atoms with E-state index in [1.54, 1.807) is 0 Å². The molecule has 222 valence electrons. The third kappa shape index (κ3) is 3.96. The van der Waals surface area contributed by atoms with Gasteiger partial charge in [0.05, 0.1) is 41.8 Å². The Morgan fingerprint density at radius 3 is 2.83 bits per heavy atom. The second-order valence-electron chi connectivity index (χ2n) is 14.1. The predicted octanol–water partition coefficient (Wildman–Crippen LogP) is 5.35. The van der Waals surface area contributed by atoms with Crippen molar-refractivity contribution in [2.45, 2.75) is 96.9 Å². The van der Waals surface area contributed by atoms with Crippen LogP contribution in [-0.4, -0.2) is 50.3 Å². The second kappa shape index (κ2) is 9.75. The monoisotopic (exact) mass is 570 g/mol.